The molecule has 0 bridgehead atoms. The van der Waals surface area contributed by atoms with E-state index in [0.717, 1.165) is 24.2 Å². The van der Waals surface area contributed by atoms with Crippen LogP contribution in [0, 0.1) is 17.8 Å². The fourth-order valence-corrected chi connectivity index (χ4v) is 3.69. The molecule has 2 rings (SSSR count). The topological polar surface area (TPSA) is 3.24 Å². The Morgan fingerprint density at radius 2 is 1.65 bits per heavy atom. The van der Waals surface area contributed by atoms with Gasteiger partial charge in [-0.3, -0.25) is 0 Å². The van der Waals surface area contributed by atoms with Crippen LogP contribution in [0.4, 0.5) is 0 Å². The summed E-state index contributed by atoms with van der Waals surface area (Å²) in [5.74, 6) is 2.58. The fourth-order valence-electron chi connectivity index (χ4n) is 3.69. The van der Waals surface area contributed by atoms with Crippen molar-refractivity contribution in [1.29, 1.82) is 0 Å². The maximum atomic E-state index is 2.69. The number of nitrogens with zero attached hydrogens (tertiary/aromatic N) is 1. The van der Waals surface area contributed by atoms with Crippen LogP contribution in [0.25, 0.3) is 0 Å². The number of piperidine rings is 1. The van der Waals surface area contributed by atoms with E-state index < -0.39 is 0 Å². The zero-order valence-electron chi connectivity index (χ0n) is 16.4. The predicted octanol–water partition coefficient (Wildman–Crippen LogP) is 5.82. The molecule has 0 aromatic heterocycles. The summed E-state index contributed by atoms with van der Waals surface area (Å²) in [7, 11) is 0. The summed E-state index contributed by atoms with van der Waals surface area (Å²) in [4.78, 5) is 2.69. The molecule has 23 heavy (non-hydrogen) atoms. The molecule has 1 nitrogen and oxygen atoms in total. The normalized spacial score (nSPS) is 17.7. The fraction of sp³-hybridized carbons (Fsp3) is 0.727. The van der Waals surface area contributed by atoms with E-state index in [9.17, 15) is 0 Å². The molecule has 0 radical (unpaired) electrons. The molecule has 1 fully saturated rings. The largest absolute Gasteiger partial charge is 0.303 e. The van der Waals surface area contributed by atoms with Crippen molar-refractivity contribution >= 4 is 0 Å². The van der Waals surface area contributed by atoms with Crippen LogP contribution < -0.4 is 0 Å². The van der Waals surface area contributed by atoms with Crippen molar-refractivity contribution in [1.82, 2.24) is 4.90 Å². The highest BCUT2D eigenvalue weighted by Gasteiger charge is 2.22. The standard InChI is InChI=1S/C20H33N.C2H6/c1-5-18-7-6-8-19(14-18)13-17(4)15-21-11-9-20(10-12-21)16(2)3;1-2/h6-8,14,16-17,20H,5,9-13,15H2,1-4H3;1-2H3. The van der Waals surface area contributed by atoms with Gasteiger partial charge in [0.2, 0.25) is 0 Å². The Labute approximate surface area is 145 Å². The third kappa shape index (κ3) is 7.08. The molecular formula is C22H39N. The predicted molar refractivity (Wildman–Crippen MR) is 104 cm³/mol. The van der Waals surface area contributed by atoms with Gasteiger partial charge < -0.3 is 4.90 Å². The van der Waals surface area contributed by atoms with Gasteiger partial charge in [0.25, 0.3) is 0 Å². The van der Waals surface area contributed by atoms with Crippen molar-refractivity contribution in [2.24, 2.45) is 17.8 Å². The average Bonchev–Trinajstić information content (AvgIpc) is 2.57. The summed E-state index contributed by atoms with van der Waals surface area (Å²) in [6.07, 6.45) is 5.16. The first-order valence-electron chi connectivity index (χ1n) is 9.88. The van der Waals surface area contributed by atoms with Gasteiger partial charge in [-0.1, -0.05) is 65.8 Å². The molecule has 1 aliphatic rings. The highest BCUT2D eigenvalue weighted by Crippen LogP contribution is 2.25. The van der Waals surface area contributed by atoms with Gasteiger partial charge in [0.05, 0.1) is 0 Å². The number of hydrogen-bond acceptors (Lipinski definition) is 1. The zero-order chi connectivity index (χ0) is 17.2. The highest BCUT2D eigenvalue weighted by molar-refractivity contribution is 5.23. The number of aryl methyl sites for hydroxylation is 1. The van der Waals surface area contributed by atoms with E-state index in [1.807, 2.05) is 13.8 Å². The van der Waals surface area contributed by atoms with Crippen LogP contribution in [0.3, 0.4) is 0 Å². The highest BCUT2D eigenvalue weighted by atomic mass is 15.1. The molecular weight excluding hydrogens is 278 g/mol. The van der Waals surface area contributed by atoms with Crippen LogP contribution in [-0.4, -0.2) is 24.5 Å². The lowest BCUT2D eigenvalue weighted by Gasteiger charge is -2.35. The van der Waals surface area contributed by atoms with Gasteiger partial charge >= 0.3 is 0 Å². The zero-order valence-corrected chi connectivity index (χ0v) is 16.4. The van der Waals surface area contributed by atoms with Gasteiger partial charge in [0.1, 0.15) is 0 Å². The quantitative estimate of drug-likeness (QED) is 0.639. The molecule has 1 saturated heterocycles. The molecule has 0 saturated carbocycles. The third-order valence-electron chi connectivity index (χ3n) is 5.13. The second kappa shape index (κ2) is 10.9. The van der Waals surface area contributed by atoms with E-state index in [1.165, 1.54) is 50.0 Å². The monoisotopic (exact) mass is 317 g/mol. The maximum Gasteiger partial charge on any atom is 0.00102 e. The summed E-state index contributed by atoms with van der Waals surface area (Å²) in [6, 6.07) is 9.14. The molecule has 1 aliphatic heterocycles. The van der Waals surface area contributed by atoms with E-state index in [-0.39, 0.29) is 0 Å². The molecule has 0 spiro atoms. The van der Waals surface area contributed by atoms with Crippen LogP contribution in [0.2, 0.25) is 0 Å². The Morgan fingerprint density at radius 3 is 2.22 bits per heavy atom. The Kier molecular flexibility index (Phi) is 9.55. The minimum Gasteiger partial charge on any atom is -0.303 e. The van der Waals surface area contributed by atoms with Crippen molar-refractivity contribution in [2.75, 3.05) is 19.6 Å². The smallest absolute Gasteiger partial charge is 0.00102 e. The van der Waals surface area contributed by atoms with Crippen LogP contribution in [0.1, 0.15) is 65.5 Å². The van der Waals surface area contributed by atoms with Crippen molar-refractivity contribution in [2.45, 2.75) is 67.2 Å². The van der Waals surface area contributed by atoms with Gasteiger partial charge in [-0.15, -0.1) is 0 Å². The van der Waals surface area contributed by atoms with Gasteiger partial charge in [-0.2, -0.15) is 0 Å². The molecule has 1 atom stereocenters. The minimum atomic E-state index is 0.757. The first-order valence-corrected chi connectivity index (χ1v) is 9.88. The Morgan fingerprint density at radius 1 is 1.04 bits per heavy atom. The molecule has 132 valence electrons. The summed E-state index contributed by atoms with van der Waals surface area (Å²) >= 11 is 0. The van der Waals surface area contributed by atoms with Crippen LogP contribution >= 0.6 is 0 Å². The minimum absolute atomic E-state index is 0.757. The van der Waals surface area contributed by atoms with E-state index in [4.69, 9.17) is 0 Å². The van der Waals surface area contributed by atoms with Crippen molar-refractivity contribution in [3.63, 3.8) is 0 Å². The SMILES string of the molecule is CC.CCc1cccc(CC(C)CN2CCC(C(C)C)CC2)c1. The molecule has 0 N–H and O–H groups in total. The van der Waals surface area contributed by atoms with Crippen molar-refractivity contribution in [3.8, 4) is 0 Å². The second-order valence-corrected chi connectivity index (χ2v) is 7.36. The lowest BCUT2D eigenvalue weighted by atomic mass is 9.86. The lowest BCUT2D eigenvalue weighted by molar-refractivity contribution is 0.142. The number of benzene rings is 1. The Balaban J connectivity index is 0.00000127. The molecule has 1 heterocycles. The summed E-state index contributed by atoms with van der Waals surface area (Å²) in [5.41, 5.74) is 2.98. The summed E-state index contributed by atoms with van der Waals surface area (Å²) < 4.78 is 0. The molecule has 1 unspecified atom stereocenters. The van der Waals surface area contributed by atoms with Gasteiger partial charge in [-0.05, 0) is 67.7 Å². The third-order valence-corrected chi connectivity index (χ3v) is 5.13. The van der Waals surface area contributed by atoms with Gasteiger partial charge in [0, 0.05) is 6.54 Å². The van der Waals surface area contributed by atoms with Crippen molar-refractivity contribution in [3.05, 3.63) is 35.4 Å². The second-order valence-electron chi connectivity index (χ2n) is 7.36. The number of rotatable bonds is 6. The average molecular weight is 318 g/mol. The summed E-state index contributed by atoms with van der Waals surface area (Å²) in [6.45, 7) is 17.3. The van der Waals surface area contributed by atoms with Crippen molar-refractivity contribution < 1.29 is 0 Å². The number of likely N-dealkylation sites (tertiary alicyclic amines) is 1. The van der Waals surface area contributed by atoms with E-state index in [0.29, 0.717) is 0 Å². The first kappa shape index (κ1) is 20.2. The Hall–Kier alpha value is -0.820. The summed E-state index contributed by atoms with van der Waals surface area (Å²) in [5, 5.41) is 0. The lowest BCUT2D eigenvalue weighted by Crippen LogP contribution is -2.38. The molecule has 0 amide bonds. The molecule has 1 heteroatoms. The number of hydrogen-bond donors (Lipinski definition) is 0. The van der Waals surface area contributed by atoms with Crippen LogP contribution in [0.15, 0.2) is 24.3 Å². The maximum absolute atomic E-state index is 2.69. The van der Waals surface area contributed by atoms with Crippen LogP contribution in [-0.2, 0) is 12.8 Å². The van der Waals surface area contributed by atoms with E-state index in [2.05, 4.69) is 56.9 Å². The molecule has 1 aromatic rings. The van der Waals surface area contributed by atoms with E-state index in [1.54, 1.807) is 0 Å². The first-order chi connectivity index (χ1) is 11.1. The van der Waals surface area contributed by atoms with Gasteiger partial charge in [0.15, 0.2) is 0 Å². The van der Waals surface area contributed by atoms with E-state index >= 15 is 0 Å². The van der Waals surface area contributed by atoms with Crippen LogP contribution in [0.5, 0.6) is 0 Å². The molecule has 0 aliphatic carbocycles. The molecule has 1 aromatic carbocycles. The van der Waals surface area contributed by atoms with Gasteiger partial charge in [-0.25, -0.2) is 0 Å². The Bertz CT molecular complexity index is 416.